The Kier molecular flexibility index (Phi) is 4.34. The van der Waals surface area contributed by atoms with Crippen LogP contribution in [0.1, 0.15) is 19.8 Å². The highest BCUT2D eigenvalue weighted by Crippen LogP contribution is 2.19. The molecule has 1 unspecified atom stereocenters. The Labute approximate surface area is 86.3 Å². The summed E-state index contributed by atoms with van der Waals surface area (Å²) in [6, 6.07) is 0. The minimum Gasteiger partial charge on any atom is -0.384 e. The number of hydrogen-bond acceptors (Lipinski definition) is 3. The summed E-state index contributed by atoms with van der Waals surface area (Å²) in [5.41, 5.74) is 0. The van der Waals surface area contributed by atoms with Crippen LogP contribution in [0.15, 0.2) is 0 Å². The molecule has 1 heterocycles. The fraction of sp³-hybridized carbons (Fsp3) is 1.00. The van der Waals surface area contributed by atoms with E-state index in [0.717, 1.165) is 6.42 Å². The zero-order valence-corrected chi connectivity index (χ0v) is 9.72. The molecule has 0 radical (unpaired) electrons. The van der Waals surface area contributed by atoms with Crippen molar-refractivity contribution >= 4 is 10.0 Å². The van der Waals surface area contributed by atoms with E-state index in [1.807, 2.05) is 6.92 Å². The van der Waals surface area contributed by atoms with Crippen LogP contribution >= 0.6 is 0 Å². The number of hydrogen-bond donors (Lipinski definition) is 0. The first kappa shape index (κ1) is 11.9. The minimum atomic E-state index is -2.98. The van der Waals surface area contributed by atoms with E-state index in [1.165, 1.54) is 0 Å². The number of ether oxygens (including phenoxy) is 1. The van der Waals surface area contributed by atoms with Gasteiger partial charge in [0.15, 0.2) is 0 Å². The molecular weight excluding hydrogens is 202 g/mol. The van der Waals surface area contributed by atoms with Crippen molar-refractivity contribution in [2.75, 3.05) is 32.6 Å². The van der Waals surface area contributed by atoms with Gasteiger partial charge in [0.1, 0.15) is 0 Å². The second kappa shape index (κ2) is 5.09. The van der Waals surface area contributed by atoms with Gasteiger partial charge in [-0.05, 0) is 18.8 Å². The maximum Gasteiger partial charge on any atom is 0.214 e. The average Bonchev–Trinajstić information content (AvgIpc) is 2.54. The topological polar surface area (TPSA) is 46.6 Å². The summed E-state index contributed by atoms with van der Waals surface area (Å²) in [5.74, 6) is 0.652. The third-order valence-corrected chi connectivity index (χ3v) is 4.55. The highest BCUT2D eigenvalue weighted by Gasteiger charge is 2.30. The molecule has 1 saturated heterocycles. The molecule has 0 bridgehead atoms. The zero-order valence-electron chi connectivity index (χ0n) is 8.90. The van der Waals surface area contributed by atoms with Crippen molar-refractivity contribution in [2.24, 2.45) is 5.92 Å². The maximum absolute atomic E-state index is 11.7. The van der Waals surface area contributed by atoms with Crippen LogP contribution in [0.4, 0.5) is 0 Å². The van der Waals surface area contributed by atoms with Gasteiger partial charge in [-0.25, -0.2) is 12.7 Å². The van der Waals surface area contributed by atoms with Crippen LogP contribution in [0.5, 0.6) is 0 Å². The second-order valence-corrected chi connectivity index (χ2v) is 5.87. The molecule has 1 aliphatic rings. The number of nitrogens with zero attached hydrogens (tertiary/aromatic N) is 1. The van der Waals surface area contributed by atoms with E-state index >= 15 is 0 Å². The van der Waals surface area contributed by atoms with Crippen LogP contribution in [0.3, 0.4) is 0 Å². The zero-order chi connectivity index (χ0) is 10.6. The fourth-order valence-electron chi connectivity index (χ4n) is 1.81. The third-order valence-electron chi connectivity index (χ3n) is 2.51. The SMILES string of the molecule is CCCS(=O)(=O)N1CCC(COC)C1. The summed E-state index contributed by atoms with van der Waals surface area (Å²) >= 11 is 0. The van der Waals surface area contributed by atoms with Crippen molar-refractivity contribution in [3.63, 3.8) is 0 Å². The first-order chi connectivity index (χ1) is 6.60. The highest BCUT2D eigenvalue weighted by molar-refractivity contribution is 7.89. The first-order valence-corrected chi connectivity index (χ1v) is 6.67. The summed E-state index contributed by atoms with van der Waals surface area (Å²) in [5, 5.41) is 0. The van der Waals surface area contributed by atoms with E-state index in [9.17, 15) is 8.42 Å². The van der Waals surface area contributed by atoms with Gasteiger partial charge < -0.3 is 4.74 Å². The van der Waals surface area contributed by atoms with E-state index in [4.69, 9.17) is 4.74 Å². The average molecular weight is 221 g/mol. The second-order valence-electron chi connectivity index (χ2n) is 3.78. The van der Waals surface area contributed by atoms with E-state index in [1.54, 1.807) is 11.4 Å². The molecule has 4 nitrogen and oxygen atoms in total. The Balaban J connectivity index is 2.49. The molecule has 0 N–H and O–H groups in total. The molecule has 14 heavy (non-hydrogen) atoms. The van der Waals surface area contributed by atoms with Gasteiger partial charge in [0.2, 0.25) is 10.0 Å². The number of sulfonamides is 1. The van der Waals surface area contributed by atoms with Crippen molar-refractivity contribution in [3.05, 3.63) is 0 Å². The maximum atomic E-state index is 11.7. The summed E-state index contributed by atoms with van der Waals surface area (Å²) in [4.78, 5) is 0. The van der Waals surface area contributed by atoms with Crippen LogP contribution in [0.2, 0.25) is 0 Å². The standard InChI is InChI=1S/C9H19NO3S/c1-3-6-14(11,12)10-5-4-9(7-10)8-13-2/h9H,3-8H2,1-2H3. The van der Waals surface area contributed by atoms with Crippen molar-refractivity contribution in [1.29, 1.82) is 0 Å². The van der Waals surface area contributed by atoms with Crippen LogP contribution in [0, 0.1) is 5.92 Å². The molecule has 84 valence electrons. The molecule has 1 atom stereocenters. The summed E-state index contributed by atoms with van der Waals surface area (Å²) < 4.78 is 30.0. The molecule has 1 aliphatic heterocycles. The molecule has 0 amide bonds. The predicted molar refractivity (Wildman–Crippen MR) is 55.6 cm³/mol. The summed E-state index contributed by atoms with van der Waals surface area (Å²) in [6.07, 6.45) is 1.62. The molecule has 1 rings (SSSR count). The molecule has 0 aliphatic carbocycles. The van der Waals surface area contributed by atoms with Crippen LogP contribution in [-0.2, 0) is 14.8 Å². The lowest BCUT2D eigenvalue weighted by atomic mass is 10.1. The van der Waals surface area contributed by atoms with E-state index in [0.29, 0.717) is 32.0 Å². The Hall–Kier alpha value is -0.130. The Morgan fingerprint density at radius 1 is 1.50 bits per heavy atom. The van der Waals surface area contributed by atoms with Gasteiger partial charge in [-0.2, -0.15) is 0 Å². The Bertz CT molecular complexity index is 263. The molecule has 0 saturated carbocycles. The molecular formula is C9H19NO3S. The quantitative estimate of drug-likeness (QED) is 0.686. The lowest BCUT2D eigenvalue weighted by Gasteiger charge is -2.15. The lowest BCUT2D eigenvalue weighted by molar-refractivity contribution is 0.157. The number of rotatable bonds is 5. The minimum absolute atomic E-state index is 0.271. The van der Waals surface area contributed by atoms with Crippen LogP contribution < -0.4 is 0 Å². The Morgan fingerprint density at radius 2 is 2.21 bits per heavy atom. The van der Waals surface area contributed by atoms with Crippen molar-refractivity contribution in [1.82, 2.24) is 4.31 Å². The summed E-state index contributed by atoms with van der Waals surface area (Å²) in [7, 11) is -1.33. The van der Waals surface area contributed by atoms with E-state index in [-0.39, 0.29) is 5.75 Å². The van der Waals surface area contributed by atoms with Crippen molar-refractivity contribution in [3.8, 4) is 0 Å². The molecule has 0 aromatic heterocycles. The molecule has 0 aromatic carbocycles. The monoisotopic (exact) mass is 221 g/mol. The fourth-order valence-corrected chi connectivity index (χ4v) is 3.40. The number of methoxy groups -OCH3 is 1. The molecule has 0 aromatic rings. The normalized spacial score (nSPS) is 24.3. The van der Waals surface area contributed by atoms with Gasteiger partial charge in [0, 0.05) is 20.2 Å². The molecule has 1 fully saturated rings. The first-order valence-electron chi connectivity index (χ1n) is 5.07. The van der Waals surface area contributed by atoms with Crippen molar-refractivity contribution in [2.45, 2.75) is 19.8 Å². The van der Waals surface area contributed by atoms with Crippen molar-refractivity contribution < 1.29 is 13.2 Å². The highest BCUT2D eigenvalue weighted by atomic mass is 32.2. The van der Waals surface area contributed by atoms with Gasteiger partial charge in [0.05, 0.1) is 12.4 Å². The van der Waals surface area contributed by atoms with Crippen LogP contribution in [0.25, 0.3) is 0 Å². The van der Waals surface area contributed by atoms with Crippen LogP contribution in [-0.4, -0.2) is 45.3 Å². The third kappa shape index (κ3) is 2.93. The van der Waals surface area contributed by atoms with Gasteiger partial charge in [0.25, 0.3) is 0 Å². The largest absolute Gasteiger partial charge is 0.384 e. The van der Waals surface area contributed by atoms with Gasteiger partial charge in [-0.1, -0.05) is 6.92 Å². The Morgan fingerprint density at radius 3 is 2.79 bits per heavy atom. The smallest absolute Gasteiger partial charge is 0.214 e. The van der Waals surface area contributed by atoms with E-state index < -0.39 is 10.0 Å². The lowest BCUT2D eigenvalue weighted by Crippen LogP contribution is -2.31. The van der Waals surface area contributed by atoms with Gasteiger partial charge in [-0.15, -0.1) is 0 Å². The summed E-state index contributed by atoms with van der Waals surface area (Å²) in [6.45, 7) is 3.85. The van der Waals surface area contributed by atoms with Gasteiger partial charge in [-0.3, -0.25) is 0 Å². The molecule has 5 heteroatoms. The van der Waals surface area contributed by atoms with Gasteiger partial charge >= 0.3 is 0 Å². The predicted octanol–water partition coefficient (Wildman–Crippen LogP) is 0.695. The molecule has 0 spiro atoms. The van der Waals surface area contributed by atoms with E-state index in [2.05, 4.69) is 0 Å².